The summed E-state index contributed by atoms with van der Waals surface area (Å²) in [5, 5.41) is 3.45. The predicted molar refractivity (Wildman–Crippen MR) is 79.1 cm³/mol. The summed E-state index contributed by atoms with van der Waals surface area (Å²) in [5.41, 5.74) is 0.0887. The minimum absolute atomic E-state index is 0.0887. The molecule has 7 heteroatoms. The second kappa shape index (κ2) is 6.76. The molecule has 2 saturated heterocycles. The fraction of sp³-hybridized carbons (Fsp3) is 1.00. The quantitative estimate of drug-likeness (QED) is 0.727. The molecule has 0 aliphatic carbocycles. The van der Waals surface area contributed by atoms with Crippen LogP contribution in [0, 0.1) is 0 Å². The van der Waals surface area contributed by atoms with Crippen LogP contribution in [0.1, 0.15) is 25.7 Å². The molecule has 1 spiro atoms. The maximum atomic E-state index is 11.0. The van der Waals surface area contributed by atoms with Gasteiger partial charge in [0.2, 0.25) is 10.0 Å². The van der Waals surface area contributed by atoms with Crippen molar-refractivity contribution in [3.05, 3.63) is 0 Å². The standard InChI is InChI=1S/C12H24N2O3S2/c1-19(15,16)14-6-5-13-11-2-7-17-12(10-11)3-8-18-9-4-12/h11,13-14H,2-10H2,1H3. The van der Waals surface area contributed by atoms with Gasteiger partial charge >= 0.3 is 0 Å². The molecule has 0 radical (unpaired) electrons. The third-order valence-electron chi connectivity index (χ3n) is 3.82. The molecular formula is C12H24N2O3S2. The van der Waals surface area contributed by atoms with Crippen LogP contribution < -0.4 is 10.0 Å². The first kappa shape index (κ1) is 15.6. The molecule has 1 atom stereocenters. The van der Waals surface area contributed by atoms with Crippen molar-refractivity contribution in [2.45, 2.75) is 37.3 Å². The minimum Gasteiger partial charge on any atom is -0.375 e. The summed E-state index contributed by atoms with van der Waals surface area (Å²) in [5.74, 6) is 2.39. The maximum absolute atomic E-state index is 11.0. The molecule has 19 heavy (non-hydrogen) atoms. The average molecular weight is 308 g/mol. The van der Waals surface area contributed by atoms with E-state index < -0.39 is 10.0 Å². The van der Waals surface area contributed by atoms with Crippen LogP contribution in [0.3, 0.4) is 0 Å². The van der Waals surface area contributed by atoms with Crippen molar-refractivity contribution in [1.82, 2.24) is 10.0 Å². The molecule has 0 bridgehead atoms. The third kappa shape index (κ3) is 5.23. The Kier molecular flexibility index (Phi) is 5.54. The Morgan fingerprint density at radius 2 is 2.05 bits per heavy atom. The third-order valence-corrected chi connectivity index (χ3v) is 5.53. The van der Waals surface area contributed by atoms with Crippen LogP contribution in [0.25, 0.3) is 0 Å². The molecule has 2 N–H and O–H groups in total. The van der Waals surface area contributed by atoms with E-state index in [-0.39, 0.29) is 5.60 Å². The second-order valence-electron chi connectivity index (χ2n) is 5.45. The van der Waals surface area contributed by atoms with Crippen molar-refractivity contribution >= 4 is 21.8 Å². The van der Waals surface area contributed by atoms with Gasteiger partial charge in [-0.25, -0.2) is 13.1 Å². The van der Waals surface area contributed by atoms with Gasteiger partial charge in [-0.05, 0) is 37.2 Å². The van der Waals surface area contributed by atoms with E-state index in [0.29, 0.717) is 19.1 Å². The van der Waals surface area contributed by atoms with Gasteiger partial charge in [0, 0.05) is 25.7 Å². The van der Waals surface area contributed by atoms with Crippen molar-refractivity contribution in [2.24, 2.45) is 0 Å². The van der Waals surface area contributed by atoms with Crippen LogP contribution in [0.4, 0.5) is 0 Å². The number of sulfonamides is 1. The zero-order valence-electron chi connectivity index (χ0n) is 11.5. The molecule has 0 aromatic rings. The van der Waals surface area contributed by atoms with E-state index in [2.05, 4.69) is 10.0 Å². The Labute approximate surface area is 120 Å². The normalized spacial score (nSPS) is 27.5. The first-order valence-corrected chi connectivity index (χ1v) is 9.93. The highest BCUT2D eigenvalue weighted by molar-refractivity contribution is 7.99. The Morgan fingerprint density at radius 3 is 2.74 bits per heavy atom. The number of nitrogens with one attached hydrogen (secondary N) is 2. The monoisotopic (exact) mass is 308 g/mol. The summed E-state index contributed by atoms with van der Waals surface area (Å²) in [4.78, 5) is 0. The summed E-state index contributed by atoms with van der Waals surface area (Å²) in [6, 6.07) is 0.457. The van der Waals surface area contributed by atoms with Crippen LogP contribution in [0.2, 0.25) is 0 Å². The van der Waals surface area contributed by atoms with Crippen molar-refractivity contribution in [1.29, 1.82) is 0 Å². The van der Waals surface area contributed by atoms with E-state index in [0.717, 1.165) is 32.3 Å². The van der Waals surface area contributed by atoms with E-state index in [4.69, 9.17) is 4.74 Å². The minimum atomic E-state index is -3.07. The predicted octanol–water partition coefficient (Wildman–Crippen LogP) is 0.570. The van der Waals surface area contributed by atoms with E-state index in [1.807, 2.05) is 11.8 Å². The Bertz CT molecular complexity index is 375. The molecule has 0 aromatic heterocycles. The number of hydrogen-bond donors (Lipinski definition) is 2. The lowest BCUT2D eigenvalue weighted by Crippen LogP contribution is -2.49. The number of ether oxygens (including phenoxy) is 1. The Hall–Kier alpha value is 0.180. The Balaban J connectivity index is 1.72. The van der Waals surface area contributed by atoms with Crippen molar-refractivity contribution in [2.75, 3.05) is 37.5 Å². The van der Waals surface area contributed by atoms with Gasteiger partial charge in [-0.2, -0.15) is 11.8 Å². The van der Waals surface area contributed by atoms with Gasteiger partial charge in [0.15, 0.2) is 0 Å². The Morgan fingerprint density at radius 1 is 1.32 bits per heavy atom. The fourth-order valence-electron chi connectivity index (χ4n) is 2.81. The summed E-state index contributed by atoms with van der Waals surface area (Å²) in [7, 11) is -3.07. The van der Waals surface area contributed by atoms with Gasteiger partial charge in [0.1, 0.15) is 0 Å². The topological polar surface area (TPSA) is 67.4 Å². The molecule has 0 aromatic carbocycles. The highest BCUT2D eigenvalue weighted by Gasteiger charge is 2.38. The van der Waals surface area contributed by atoms with Gasteiger partial charge in [0.05, 0.1) is 11.9 Å². The van der Waals surface area contributed by atoms with E-state index >= 15 is 0 Å². The molecule has 0 saturated carbocycles. The largest absolute Gasteiger partial charge is 0.375 e. The first-order chi connectivity index (χ1) is 8.99. The van der Waals surface area contributed by atoms with Gasteiger partial charge in [-0.1, -0.05) is 0 Å². The lowest BCUT2D eigenvalue weighted by molar-refractivity contribution is -0.0930. The first-order valence-electron chi connectivity index (χ1n) is 6.89. The molecule has 1 unspecified atom stereocenters. The number of rotatable bonds is 5. The molecule has 2 heterocycles. The zero-order chi connectivity index (χ0) is 13.8. The van der Waals surface area contributed by atoms with Crippen molar-refractivity contribution in [3.63, 3.8) is 0 Å². The molecule has 2 aliphatic rings. The smallest absolute Gasteiger partial charge is 0.208 e. The molecule has 2 aliphatic heterocycles. The highest BCUT2D eigenvalue weighted by atomic mass is 32.2. The summed E-state index contributed by atoms with van der Waals surface area (Å²) in [6.07, 6.45) is 5.57. The molecule has 5 nitrogen and oxygen atoms in total. The lowest BCUT2D eigenvalue weighted by Gasteiger charge is -2.43. The van der Waals surface area contributed by atoms with Crippen molar-refractivity contribution in [3.8, 4) is 0 Å². The fourth-order valence-corrected chi connectivity index (χ4v) is 4.52. The number of thioether (sulfide) groups is 1. The molecular weight excluding hydrogens is 284 g/mol. The molecule has 2 fully saturated rings. The SMILES string of the molecule is CS(=O)(=O)NCCNC1CCOC2(CCSCC2)C1. The van der Waals surface area contributed by atoms with E-state index in [1.165, 1.54) is 17.8 Å². The molecule has 112 valence electrons. The van der Waals surface area contributed by atoms with Gasteiger partial charge < -0.3 is 10.1 Å². The summed E-state index contributed by atoms with van der Waals surface area (Å²) < 4.78 is 30.5. The molecule has 2 rings (SSSR count). The van der Waals surface area contributed by atoms with E-state index in [9.17, 15) is 8.42 Å². The molecule has 0 amide bonds. The lowest BCUT2D eigenvalue weighted by atomic mass is 9.85. The van der Waals surface area contributed by atoms with Crippen LogP contribution in [0.15, 0.2) is 0 Å². The van der Waals surface area contributed by atoms with Crippen molar-refractivity contribution < 1.29 is 13.2 Å². The van der Waals surface area contributed by atoms with Gasteiger partial charge in [0.25, 0.3) is 0 Å². The second-order valence-corrected chi connectivity index (χ2v) is 8.51. The van der Waals surface area contributed by atoms with Gasteiger partial charge in [-0.15, -0.1) is 0 Å². The summed E-state index contributed by atoms with van der Waals surface area (Å²) in [6.45, 7) is 1.96. The van der Waals surface area contributed by atoms with Gasteiger partial charge in [-0.3, -0.25) is 0 Å². The zero-order valence-corrected chi connectivity index (χ0v) is 13.1. The van der Waals surface area contributed by atoms with Crippen LogP contribution in [-0.4, -0.2) is 57.5 Å². The maximum Gasteiger partial charge on any atom is 0.208 e. The van der Waals surface area contributed by atoms with Crippen LogP contribution in [-0.2, 0) is 14.8 Å². The summed E-state index contributed by atoms with van der Waals surface area (Å²) >= 11 is 2.01. The van der Waals surface area contributed by atoms with Crippen LogP contribution >= 0.6 is 11.8 Å². The van der Waals surface area contributed by atoms with E-state index in [1.54, 1.807) is 0 Å². The number of hydrogen-bond acceptors (Lipinski definition) is 5. The highest BCUT2D eigenvalue weighted by Crippen LogP contribution is 2.37. The van der Waals surface area contributed by atoms with Crippen LogP contribution in [0.5, 0.6) is 0 Å². The average Bonchev–Trinajstić information content (AvgIpc) is 2.35.